The molecule has 1 aliphatic heterocycles. The number of carbonyl (C=O) groups excluding carboxylic acids is 2. The minimum Gasteiger partial charge on any atom is -0.493 e. The molecular weight excluding hydrogens is 382 g/mol. The quantitative estimate of drug-likeness (QED) is 0.680. The first-order chi connectivity index (χ1) is 14.6. The number of ether oxygens (including phenoxy) is 3. The maximum atomic E-state index is 12.6. The number of nitrogens with one attached hydrogen (secondary N) is 1. The van der Waals surface area contributed by atoms with E-state index in [2.05, 4.69) is 17.4 Å². The fourth-order valence-corrected chi connectivity index (χ4v) is 4.48. The zero-order valence-corrected chi connectivity index (χ0v) is 17.4. The van der Waals surface area contributed by atoms with Crippen molar-refractivity contribution in [3.63, 3.8) is 0 Å². The molecule has 0 radical (unpaired) electrons. The Morgan fingerprint density at radius 1 is 1.03 bits per heavy atom. The van der Waals surface area contributed by atoms with Crippen molar-refractivity contribution in [1.82, 2.24) is 0 Å². The number of methoxy groups -OCH3 is 2. The van der Waals surface area contributed by atoms with Gasteiger partial charge in [-0.25, -0.2) is 4.79 Å². The van der Waals surface area contributed by atoms with Crippen LogP contribution >= 0.6 is 0 Å². The molecule has 2 aliphatic rings. The molecular formula is C24H27NO5. The molecule has 1 heterocycles. The number of amides is 1. The summed E-state index contributed by atoms with van der Waals surface area (Å²) in [6.07, 6.45) is 5.80. The Bertz CT molecular complexity index is 931. The summed E-state index contributed by atoms with van der Waals surface area (Å²) in [4.78, 5) is 25.0. The Hall–Kier alpha value is -3.02. The van der Waals surface area contributed by atoms with Gasteiger partial charge in [0.15, 0.2) is 11.5 Å². The number of rotatable bonds is 6. The number of hydrogen-bond acceptors (Lipinski definition) is 5. The second-order valence-corrected chi connectivity index (χ2v) is 7.87. The zero-order chi connectivity index (χ0) is 21.1. The van der Waals surface area contributed by atoms with Crippen LogP contribution in [0.15, 0.2) is 36.4 Å². The average molecular weight is 409 g/mol. The predicted molar refractivity (Wildman–Crippen MR) is 113 cm³/mol. The number of carbonyl (C=O) groups is 2. The zero-order valence-electron chi connectivity index (χ0n) is 17.4. The molecule has 6 heteroatoms. The van der Waals surface area contributed by atoms with Gasteiger partial charge in [-0.1, -0.05) is 37.5 Å². The Morgan fingerprint density at radius 2 is 1.77 bits per heavy atom. The largest absolute Gasteiger partial charge is 0.493 e. The highest BCUT2D eigenvalue weighted by Gasteiger charge is 2.36. The molecule has 0 aromatic heterocycles. The Morgan fingerprint density at radius 3 is 2.43 bits per heavy atom. The molecule has 2 aromatic carbocycles. The standard InChI is InChI=1S/C24H27NO5/c1-28-19-13-12-18-20(30-24(27)22(18)23(19)29-2)14-21(26)25-17-10-8-16(9-11-17)15-6-4-3-5-7-15/h8-13,15,20H,3-7,14H2,1-2H3,(H,25,26). The van der Waals surface area contributed by atoms with E-state index in [0.29, 0.717) is 28.5 Å². The molecule has 1 saturated carbocycles. The Kier molecular flexibility index (Phi) is 5.93. The van der Waals surface area contributed by atoms with Crippen LogP contribution in [0.3, 0.4) is 0 Å². The third kappa shape index (κ3) is 3.99. The van der Waals surface area contributed by atoms with Crippen LogP contribution in [0, 0.1) is 0 Å². The van der Waals surface area contributed by atoms with Gasteiger partial charge in [0.1, 0.15) is 11.7 Å². The number of benzene rings is 2. The number of esters is 1. The number of cyclic esters (lactones) is 1. The predicted octanol–water partition coefficient (Wildman–Crippen LogP) is 4.99. The second kappa shape index (κ2) is 8.78. The summed E-state index contributed by atoms with van der Waals surface area (Å²) in [6, 6.07) is 11.6. The van der Waals surface area contributed by atoms with Gasteiger partial charge < -0.3 is 19.5 Å². The highest BCUT2D eigenvalue weighted by molar-refractivity contribution is 5.99. The topological polar surface area (TPSA) is 73.9 Å². The molecule has 1 atom stereocenters. The van der Waals surface area contributed by atoms with Crippen LogP contribution in [0.1, 0.15) is 72.0 Å². The van der Waals surface area contributed by atoms with Gasteiger partial charge in [0.25, 0.3) is 0 Å². The Balaban J connectivity index is 1.42. The van der Waals surface area contributed by atoms with Gasteiger partial charge in [-0.15, -0.1) is 0 Å². The van der Waals surface area contributed by atoms with Crippen LogP contribution in [0.25, 0.3) is 0 Å². The third-order valence-electron chi connectivity index (χ3n) is 6.02. The molecule has 0 bridgehead atoms. The maximum absolute atomic E-state index is 12.6. The van der Waals surface area contributed by atoms with Crippen molar-refractivity contribution >= 4 is 17.6 Å². The molecule has 30 heavy (non-hydrogen) atoms. The van der Waals surface area contributed by atoms with E-state index < -0.39 is 12.1 Å². The minimum atomic E-state index is -0.645. The summed E-state index contributed by atoms with van der Waals surface area (Å²) in [5.74, 6) is 0.707. The van der Waals surface area contributed by atoms with Crippen molar-refractivity contribution in [2.75, 3.05) is 19.5 Å². The lowest BCUT2D eigenvalue weighted by Gasteiger charge is -2.22. The average Bonchev–Trinajstić information content (AvgIpc) is 3.09. The van der Waals surface area contributed by atoms with Crippen LogP contribution < -0.4 is 14.8 Å². The number of anilines is 1. The SMILES string of the molecule is COc1ccc2c(c1OC)C(=O)OC2CC(=O)Nc1ccc(C2CCCCC2)cc1. The fourth-order valence-electron chi connectivity index (χ4n) is 4.48. The van der Waals surface area contributed by atoms with Gasteiger partial charge in [0.2, 0.25) is 5.91 Å². The van der Waals surface area contributed by atoms with Crippen molar-refractivity contribution in [1.29, 1.82) is 0 Å². The summed E-state index contributed by atoms with van der Waals surface area (Å²) in [5.41, 5.74) is 3.05. The summed E-state index contributed by atoms with van der Waals surface area (Å²) >= 11 is 0. The van der Waals surface area contributed by atoms with E-state index in [1.54, 1.807) is 12.1 Å². The van der Waals surface area contributed by atoms with E-state index in [9.17, 15) is 9.59 Å². The highest BCUT2D eigenvalue weighted by Crippen LogP contribution is 2.43. The van der Waals surface area contributed by atoms with Crippen LogP contribution in [-0.2, 0) is 9.53 Å². The molecule has 1 fully saturated rings. The molecule has 158 valence electrons. The van der Waals surface area contributed by atoms with Crippen LogP contribution in [0.4, 0.5) is 5.69 Å². The van der Waals surface area contributed by atoms with Crippen LogP contribution in [-0.4, -0.2) is 26.1 Å². The fraction of sp³-hybridized carbons (Fsp3) is 0.417. The molecule has 2 aromatic rings. The molecule has 6 nitrogen and oxygen atoms in total. The van der Waals surface area contributed by atoms with Gasteiger partial charge in [-0.3, -0.25) is 4.79 Å². The number of hydrogen-bond donors (Lipinski definition) is 1. The Labute approximate surface area is 176 Å². The van der Waals surface area contributed by atoms with Gasteiger partial charge in [-0.2, -0.15) is 0 Å². The summed E-state index contributed by atoms with van der Waals surface area (Å²) in [6.45, 7) is 0. The van der Waals surface area contributed by atoms with Gasteiger partial charge >= 0.3 is 5.97 Å². The van der Waals surface area contributed by atoms with E-state index in [1.165, 1.54) is 51.9 Å². The van der Waals surface area contributed by atoms with Gasteiger partial charge in [-0.05, 0) is 42.5 Å². The first-order valence-corrected chi connectivity index (χ1v) is 10.5. The van der Waals surface area contributed by atoms with E-state index in [-0.39, 0.29) is 12.3 Å². The normalized spacial score (nSPS) is 18.5. The minimum absolute atomic E-state index is 0.0403. The molecule has 1 amide bonds. The lowest BCUT2D eigenvalue weighted by Crippen LogP contribution is -2.16. The van der Waals surface area contributed by atoms with E-state index in [4.69, 9.17) is 14.2 Å². The molecule has 1 aliphatic carbocycles. The van der Waals surface area contributed by atoms with Gasteiger partial charge in [0, 0.05) is 11.3 Å². The van der Waals surface area contributed by atoms with E-state index in [1.807, 2.05) is 12.1 Å². The molecule has 4 rings (SSSR count). The lowest BCUT2D eigenvalue weighted by molar-refractivity contribution is -0.118. The highest BCUT2D eigenvalue weighted by atomic mass is 16.6. The summed E-state index contributed by atoms with van der Waals surface area (Å²) in [7, 11) is 2.98. The van der Waals surface area contributed by atoms with E-state index >= 15 is 0 Å². The third-order valence-corrected chi connectivity index (χ3v) is 6.02. The van der Waals surface area contributed by atoms with Crippen LogP contribution in [0.5, 0.6) is 11.5 Å². The smallest absolute Gasteiger partial charge is 0.343 e. The first kappa shape index (κ1) is 20.3. The molecule has 0 saturated heterocycles. The lowest BCUT2D eigenvalue weighted by atomic mass is 9.84. The maximum Gasteiger partial charge on any atom is 0.343 e. The van der Waals surface area contributed by atoms with Crippen molar-refractivity contribution in [3.05, 3.63) is 53.1 Å². The summed E-state index contributed by atoms with van der Waals surface area (Å²) in [5, 5.41) is 2.91. The molecule has 1 N–H and O–H groups in total. The van der Waals surface area contributed by atoms with E-state index in [0.717, 1.165) is 5.69 Å². The van der Waals surface area contributed by atoms with Crippen molar-refractivity contribution < 1.29 is 23.8 Å². The first-order valence-electron chi connectivity index (χ1n) is 10.5. The molecule has 0 spiro atoms. The molecule has 1 unspecified atom stereocenters. The monoisotopic (exact) mass is 409 g/mol. The van der Waals surface area contributed by atoms with Crippen molar-refractivity contribution in [2.24, 2.45) is 0 Å². The van der Waals surface area contributed by atoms with Crippen molar-refractivity contribution in [3.8, 4) is 11.5 Å². The second-order valence-electron chi connectivity index (χ2n) is 7.87. The number of fused-ring (bicyclic) bond motifs is 1. The van der Waals surface area contributed by atoms with Gasteiger partial charge in [0.05, 0.1) is 20.6 Å². The van der Waals surface area contributed by atoms with Crippen LogP contribution in [0.2, 0.25) is 0 Å². The van der Waals surface area contributed by atoms with Crippen molar-refractivity contribution in [2.45, 2.75) is 50.5 Å². The summed E-state index contributed by atoms with van der Waals surface area (Å²) < 4.78 is 16.0.